The Labute approximate surface area is 135 Å². The largest absolute Gasteiger partial charge is 0.326 e. The number of hydrogen-bond donors (Lipinski definition) is 2. The van der Waals surface area contributed by atoms with Crippen LogP contribution in [-0.4, -0.2) is 44.7 Å². The highest BCUT2D eigenvalue weighted by Gasteiger charge is 2.17. The summed E-state index contributed by atoms with van der Waals surface area (Å²) in [6, 6.07) is 6.50. The highest BCUT2D eigenvalue weighted by molar-refractivity contribution is 7.99. The quantitative estimate of drug-likeness (QED) is 0.861. The molecule has 1 amide bonds. The number of thioether (sulfide) groups is 1. The number of carbonyl (C=O) groups is 1. The Balaban J connectivity index is 0.00000220. The van der Waals surface area contributed by atoms with Crippen molar-refractivity contribution >= 4 is 45.6 Å². The van der Waals surface area contributed by atoms with Crippen molar-refractivity contribution in [3.8, 4) is 0 Å². The Kier molecular flexibility index (Phi) is 6.99. The molecule has 1 aliphatic heterocycles. The summed E-state index contributed by atoms with van der Waals surface area (Å²) in [4.78, 5) is 12.1. The van der Waals surface area contributed by atoms with Crippen molar-refractivity contribution in [3.05, 3.63) is 24.3 Å². The minimum absolute atomic E-state index is 0. The van der Waals surface area contributed by atoms with Gasteiger partial charge in [-0.15, -0.1) is 12.4 Å². The highest BCUT2D eigenvalue weighted by atomic mass is 35.5. The molecule has 1 fully saturated rings. The van der Waals surface area contributed by atoms with Gasteiger partial charge in [0.25, 0.3) is 0 Å². The molecule has 2 N–H and O–H groups in total. The summed E-state index contributed by atoms with van der Waals surface area (Å²) in [5.74, 6) is 1.90. The SMILES string of the molecule is CS(=O)(=O)c1cccc(NC(=O)CC2CSCCN2)c1.Cl. The number of anilines is 1. The number of benzene rings is 1. The topological polar surface area (TPSA) is 75.3 Å². The van der Waals surface area contributed by atoms with Gasteiger partial charge in [0.1, 0.15) is 0 Å². The fraction of sp³-hybridized carbons (Fsp3) is 0.462. The molecule has 0 spiro atoms. The van der Waals surface area contributed by atoms with Gasteiger partial charge in [-0.3, -0.25) is 4.79 Å². The maximum absolute atomic E-state index is 11.9. The summed E-state index contributed by atoms with van der Waals surface area (Å²) in [6.07, 6.45) is 1.55. The summed E-state index contributed by atoms with van der Waals surface area (Å²) in [5, 5.41) is 6.04. The second kappa shape index (κ2) is 8.03. The van der Waals surface area contributed by atoms with Crippen molar-refractivity contribution in [2.24, 2.45) is 0 Å². The van der Waals surface area contributed by atoms with E-state index in [2.05, 4.69) is 10.6 Å². The first-order valence-corrected chi connectivity index (χ1v) is 9.41. The number of rotatable bonds is 4. The van der Waals surface area contributed by atoms with E-state index < -0.39 is 9.84 Å². The van der Waals surface area contributed by atoms with Crippen LogP contribution in [0.2, 0.25) is 0 Å². The lowest BCUT2D eigenvalue weighted by Crippen LogP contribution is -2.39. The number of halogens is 1. The van der Waals surface area contributed by atoms with E-state index in [4.69, 9.17) is 0 Å². The number of hydrogen-bond acceptors (Lipinski definition) is 5. The Bertz CT molecular complexity index is 587. The van der Waals surface area contributed by atoms with E-state index in [1.54, 1.807) is 12.1 Å². The van der Waals surface area contributed by atoms with Crippen LogP contribution in [0.15, 0.2) is 29.2 Å². The summed E-state index contributed by atoms with van der Waals surface area (Å²) in [6.45, 7) is 0.923. The molecule has 8 heteroatoms. The van der Waals surface area contributed by atoms with Gasteiger partial charge in [-0.1, -0.05) is 6.07 Å². The fourth-order valence-electron chi connectivity index (χ4n) is 1.99. The standard InChI is InChI=1S/C13H18N2O3S2.ClH/c1-20(17,18)12-4-2-3-10(7-12)15-13(16)8-11-9-19-6-5-14-11;/h2-4,7,11,14H,5-6,8-9H2,1H3,(H,15,16);1H. The van der Waals surface area contributed by atoms with E-state index in [0.717, 1.165) is 24.3 Å². The Hall–Kier alpha value is -0.760. The second-order valence-corrected chi connectivity index (χ2v) is 7.94. The van der Waals surface area contributed by atoms with Gasteiger partial charge in [0.15, 0.2) is 9.84 Å². The minimum atomic E-state index is -3.26. The normalized spacial score (nSPS) is 18.6. The molecule has 21 heavy (non-hydrogen) atoms. The van der Waals surface area contributed by atoms with Crippen molar-refractivity contribution in [1.82, 2.24) is 5.32 Å². The third-order valence-electron chi connectivity index (χ3n) is 2.98. The van der Waals surface area contributed by atoms with E-state index in [1.165, 1.54) is 12.1 Å². The van der Waals surface area contributed by atoms with Crippen molar-refractivity contribution < 1.29 is 13.2 Å². The molecular formula is C13H19ClN2O3S2. The van der Waals surface area contributed by atoms with Gasteiger partial charge in [0.05, 0.1) is 4.90 Å². The zero-order chi connectivity index (χ0) is 14.6. The first kappa shape index (κ1) is 18.3. The van der Waals surface area contributed by atoms with Crippen molar-refractivity contribution in [2.45, 2.75) is 17.4 Å². The van der Waals surface area contributed by atoms with Crippen molar-refractivity contribution in [2.75, 3.05) is 29.6 Å². The molecule has 0 radical (unpaired) electrons. The van der Waals surface area contributed by atoms with E-state index in [9.17, 15) is 13.2 Å². The molecule has 1 unspecified atom stereocenters. The fourth-order valence-corrected chi connectivity index (χ4v) is 3.61. The van der Waals surface area contributed by atoms with E-state index in [1.807, 2.05) is 11.8 Å². The molecule has 0 aromatic heterocycles. The van der Waals surface area contributed by atoms with Gasteiger partial charge in [0.2, 0.25) is 5.91 Å². The van der Waals surface area contributed by atoms with E-state index in [-0.39, 0.29) is 29.3 Å². The first-order valence-electron chi connectivity index (χ1n) is 6.36. The lowest BCUT2D eigenvalue weighted by molar-refractivity contribution is -0.116. The lowest BCUT2D eigenvalue weighted by Gasteiger charge is -2.22. The molecule has 1 aromatic rings. The predicted molar refractivity (Wildman–Crippen MR) is 89.2 cm³/mol. The average Bonchev–Trinajstić information content (AvgIpc) is 2.39. The third kappa shape index (κ3) is 5.86. The first-order chi connectivity index (χ1) is 9.45. The molecule has 1 atom stereocenters. The van der Waals surface area contributed by atoms with Crippen LogP contribution < -0.4 is 10.6 Å². The molecular weight excluding hydrogens is 332 g/mol. The lowest BCUT2D eigenvalue weighted by atomic mass is 10.2. The minimum Gasteiger partial charge on any atom is -0.326 e. The second-order valence-electron chi connectivity index (χ2n) is 4.78. The van der Waals surface area contributed by atoms with Crippen LogP contribution in [0.25, 0.3) is 0 Å². The van der Waals surface area contributed by atoms with Crippen LogP contribution in [-0.2, 0) is 14.6 Å². The maximum atomic E-state index is 11.9. The molecule has 2 rings (SSSR count). The summed E-state index contributed by atoms with van der Waals surface area (Å²) >= 11 is 1.84. The number of amides is 1. The van der Waals surface area contributed by atoms with Gasteiger partial charge in [-0.25, -0.2) is 8.42 Å². The van der Waals surface area contributed by atoms with Gasteiger partial charge >= 0.3 is 0 Å². The number of carbonyl (C=O) groups excluding carboxylic acids is 1. The highest BCUT2D eigenvalue weighted by Crippen LogP contribution is 2.16. The van der Waals surface area contributed by atoms with E-state index >= 15 is 0 Å². The maximum Gasteiger partial charge on any atom is 0.225 e. The molecule has 0 aliphatic carbocycles. The molecule has 1 saturated heterocycles. The zero-order valence-electron chi connectivity index (χ0n) is 11.7. The molecule has 0 bridgehead atoms. The molecule has 1 aliphatic rings. The van der Waals surface area contributed by atoms with Gasteiger partial charge in [0, 0.05) is 42.5 Å². The summed E-state index contributed by atoms with van der Waals surface area (Å²) in [5.41, 5.74) is 0.515. The molecule has 5 nitrogen and oxygen atoms in total. The van der Waals surface area contributed by atoms with Crippen LogP contribution in [0, 0.1) is 0 Å². The van der Waals surface area contributed by atoms with Crippen LogP contribution in [0.1, 0.15) is 6.42 Å². The Morgan fingerprint density at radius 1 is 1.48 bits per heavy atom. The van der Waals surface area contributed by atoms with E-state index in [0.29, 0.717) is 12.1 Å². The number of sulfone groups is 1. The predicted octanol–water partition coefficient (Wildman–Crippen LogP) is 1.55. The van der Waals surface area contributed by atoms with Gasteiger partial charge < -0.3 is 10.6 Å². The summed E-state index contributed by atoms with van der Waals surface area (Å²) < 4.78 is 22.9. The smallest absolute Gasteiger partial charge is 0.225 e. The molecule has 0 saturated carbocycles. The molecule has 118 valence electrons. The molecule has 1 heterocycles. The van der Waals surface area contributed by atoms with Gasteiger partial charge in [-0.2, -0.15) is 11.8 Å². The Morgan fingerprint density at radius 2 is 2.24 bits per heavy atom. The number of nitrogens with one attached hydrogen (secondary N) is 2. The van der Waals surface area contributed by atoms with Crippen molar-refractivity contribution in [1.29, 1.82) is 0 Å². The molecule has 1 aromatic carbocycles. The zero-order valence-corrected chi connectivity index (χ0v) is 14.1. The Morgan fingerprint density at radius 3 is 2.86 bits per heavy atom. The average molecular weight is 351 g/mol. The third-order valence-corrected chi connectivity index (χ3v) is 5.22. The van der Waals surface area contributed by atoms with Crippen LogP contribution in [0.3, 0.4) is 0 Å². The van der Waals surface area contributed by atoms with Crippen LogP contribution >= 0.6 is 24.2 Å². The van der Waals surface area contributed by atoms with Crippen LogP contribution in [0.5, 0.6) is 0 Å². The van der Waals surface area contributed by atoms with Gasteiger partial charge in [-0.05, 0) is 18.2 Å². The monoisotopic (exact) mass is 350 g/mol. The van der Waals surface area contributed by atoms with Crippen LogP contribution in [0.4, 0.5) is 5.69 Å². The van der Waals surface area contributed by atoms with Crippen molar-refractivity contribution in [3.63, 3.8) is 0 Å². The summed E-state index contributed by atoms with van der Waals surface area (Å²) in [7, 11) is -3.26.